The fourth-order valence-electron chi connectivity index (χ4n) is 3.89. The largest absolute Gasteiger partial charge is 0.493 e. The number of urea groups is 1. The van der Waals surface area contributed by atoms with Crippen LogP contribution in [0.15, 0.2) is 66.7 Å². The second-order valence-corrected chi connectivity index (χ2v) is 8.34. The van der Waals surface area contributed by atoms with Crippen LogP contribution >= 0.6 is 11.6 Å². The van der Waals surface area contributed by atoms with E-state index in [0.29, 0.717) is 47.4 Å². The van der Waals surface area contributed by atoms with Gasteiger partial charge in [0.05, 0.1) is 14.2 Å². The van der Waals surface area contributed by atoms with E-state index in [1.54, 1.807) is 61.6 Å². The van der Waals surface area contributed by atoms with Crippen LogP contribution in [0.2, 0.25) is 5.02 Å². The Morgan fingerprint density at radius 1 is 0.941 bits per heavy atom. The molecule has 0 aromatic heterocycles. The van der Waals surface area contributed by atoms with Crippen LogP contribution < -0.4 is 19.7 Å². The number of benzene rings is 3. The number of amides is 3. The third-order valence-electron chi connectivity index (χ3n) is 5.68. The van der Waals surface area contributed by atoms with Crippen molar-refractivity contribution >= 4 is 34.9 Å². The van der Waals surface area contributed by atoms with E-state index in [1.165, 1.54) is 0 Å². The zero-order valence-electron chi connectivity index (χ0n) is 19.1. The molecule has 0 bridgehead atoms. The Morgan fingerprint density at radius 2 is 1.65 bits per heavy atom. The summed E-state index contributed by atoms with van der Waals surface area (Å²) in [4.78, 5) is 29.4. The lowest BCUT2D eigenvalue weighted by molar-refractivity contribution is 0.102. The van der Waals surface area contributed by atoms with Crippen LogP contribution in [0, 0.1) is 0 Å². The summed E-state index contributed by atoms with van der Waals surface area (Å²) in [5.41, 5.74) is 2.87. The molecule has 3 aromatic carbocycles. The molecular formula is C26H26ClN3O4. The fraction of sp³-hybridized carbons (Fsp3) is 0.231. The predicted molar refractivity (Wildman–Crippen MR) is 133 cm³/mol. The minimum absolute atomic E-state index is 0.0521. The van der Waals surface area contributed by atoms with Crippen molar-refractivity contribution in [1.82, 2.24) is 4.90 Å². The summed E-state index contributed by atoms with van der Waals surface area (Å²) < 4.78 is 10.5. The lowest BCUT2D eigenvalue weighted by Crippen LogP contribution is -2.49. The molecule has 0 unspecified atom stereocenters. The standard InChI is InChI=1S/C26H26ClN3O4/c1-33-23-13-10-21(16-24(23)34-2)28-25(31)19-6-11-22(12-7-19)30-15-3-14-29(26(30)32)17-18-4-8-20(27)9-5-18/h4-13,16H,3,14-15,17H2,1-2H3,(H,28,31). The molecule has 1 fully saturated rings. The Labute approximate surface area is 203 Å². The maximum absolute atomic E-state index is 13.1. The summed E-state index contributed by atoms with van der Waals surface area (Å²) >= 11 is 5.96. The summed E-state index contributed by atoms with van der Waals surface area (Å²) in [7, 11) is 3.10. The summed E-state index contributed by atoms with van der Waals surface area (Å²) in [5.74, 6) is 0.858. The molecule has 0 aliphatic carbocycles. The molecule has 1 N–H and O–H groups in total. The highest BCUT2D eigenvalue weighted by atomic mass is 35.5. The number of carbonyl (C=O) groups excluding carboxylic acids is 2. The van der Waals surface area contributed by atoms with Crippen LogP contribution in [0.3, 0.4) is 0 Å². The Hall–Kier alpha value is -3.71. The van der Waals surface area contributed by atoms with Gasteiger partial charge in [0.15, 0.2) is 11.5 Å². The number of methoxy groups -OCH3 is 2. The van der Waals surface area contributed by atoms with Crippen molar-refractivity contribution in [2.45, 2.75) is 13.0 Å². The number of anilines is 2. The van der Waals surface area contributed by atoms with Crippen molar-refractivity contribution in [2.24, 2.45) is 0 Å². The van der Waals surface area contributed by atoms with E-state index in [4.69, 9.17) is 21.1 Å². The molecule has 4 rings (SSSR count). The van der Waals surface area contributed by atoms with E-state index in [-0.39, 0.29) is 11.9 Å². The van der Waals surface area contributed by atoms with Crippen LogP contribution in [-0.2, 0) is 6.54 Å². The predicted octanol–water partition coefficient (Wildman–Crippen LogP) is 5.44. The van der Waals surface area contributed by atoms with Gasteiger partial charge in [-0.1, -0.05) is 23.7 Å². The van der Waals surface area contributed by atoms with Gasteiger partial charge in [0.25, 0.3) is 5.91 Å². The van der Waals surface area contributed by atoms with E-state index in [9.17, 15) is 9.59 Å². The van der Waals surface area contributed by atoms with Crippen LogP contribution in [0.5, 0.6) is 11.5 Å². The topological polar surface area (TPSA) is 71.1 Å². The third-order valence-corrected chi connectivity index (χ3v) is 5.93. The summed E-state index contributed by atoms with van der Waals surface area (Å²) in [6, 6.07) is 19.7. The van der Waals surface area contributed by atoms with E-state index < -0.39 is 0 Å². The van der Waals surface area contributed by atoms with Gasteiger partial charge in [-0.3, -0.25) is 9.69 Å². The number of rotatable bonds is 7. The average Bonchev–Trinajstić information content (AvgIpc) is 2.86. The van der Waals surface area contributed by atoms with Crippen LogP contribution in [-0.4, -0.2) is 44.1 Å². The monoisotopic (exact) mass is 479 g/mol. The lowest BCUT2D eigenvalue weighted by Gasteiger charge is -2.35. The first-order chi connectivity index (χ1) is 16.5. The maximum atomic E-state index is 13.1. The molecule has 34 heavy (non-hydrogen) atoms. The van der Waals surface area contributed by atoms with Crippen LogP contribution in [0.4, 0.5) is 16.2 Å². The summed E-state index contributed by atoms with van der Waals surface area (Å²) in [6.45, 7) is 1.86. The number of hydrogen-bond acceptors (Lipinski definition) is 4. The number of ether oxygens (including phenoxy) is 2. The Balaban J connectivity index is 1.42. The molecule has 0 spiro atoms. The summed E-state index contributed by atoms with van der Waals surface area (Å²) in [6.07, 6.45) is 0.862. The average molecular weight is 480 g/mol. The minimum atomic E-state index is -0.256. The molecule has 0 radical (unpaired) electrons. The van der Waals surface area contributed by atoms with E-state index >= 15 is 0 Å². The maximum Gasteiger partial charge on any atom is 0.324 e. The second kappa shape index (κ2) is 10.5. The molecule has 0 saturated carbocycles. The molecule has 8 heteroatoms. The molecule has 176 valence electrons. The van der Waals surface area contributed by atoms with Crippen LogP contribution in [0.1, 0.15) is 22.3 Å². The Kier molecular flexibility index (Phi) is 7.23. The second-order valence-electron chi connectivity index (χ2n) is 7.91. The molecular weight excluding hydrogens is 454 g/mol. The highest BCUT2D eigenvalue weighted by Crippen LogP contribution is 2.30. The van der Waals surface area contributed by atoms with E-state index in [2.05, 4.69) is 5.32 Å². The molecule has 7 nitrogen and oxygen atoms in total. The number of nitrogens with zero attached hydrogens (tertiary/aromatic N) is 2. The number of nitrogens with one attached hydrogen (secondary N) is 1. The van der Waals surface area contributed by atoms with Gasteiger partial charge in [-0.2, -0.15) is 0 Å². The van der Waals surface area contributed by atoms with Gasteiger partial charge in [0.1, 0.15) is 0 Å². The Bertz CT molecular complexity index is 1170. The summed E-state index contributed by atoms with van der Waals surface area (Å²) in [5, 5.41) is 3.53. The van der Waals surface area contributed by atoms with Crippen molar-refractivity contribution in [2.75, 3.05) is 37.5 Å². The van der Waals surface area contributed by atoms with Gasteiger partial charge in [-0.15, -0.1) is 0 Å². The fourth-order valence-corrected chi connectivity index (χ4v) is 4.01. The highest BCUT2D eigenvalue weighted by molar-refractivity contribution is 6.30. The first-order valence-corrected chi connectivity index (χ1v) is 11.3. The molecule has 1 aliphatic heterocycles. The number of carbonyl (C=O) groups is 2. The molecule has 1 aliphatic rings. The first kappa shape index (κ1) is 23.4. The van der Waals surface area contributed by atoms with Gasteiger partial charge in [-0.05, 0) is 60.5 Å². The molecule has 3 aromatic rings. The van der Waals surface area contributed by atoms with Crippen molar-refractivity contribution in [3.05, 3.63) is 82.9 Å². The van der Waals surface area contributed by atoms with Crippen molar-refractivity contribution in [3.8, 4) is 11.5 Å². The van der Waals surface area contributed by atoms with Crippen LogP contribution in [0.25, 0.3) is 0 Å². The minimum Gasteiger partial charge on any atom is -0.493 e. The quantitative estimate of drug-likeness (QED) is 0.489. The number of hydrogen-bond donors (Lipinski definition) is 1. The SMILES string of the molecule is COc1ccc(NC(=O)c2ccc(N3CCCN(Cc4ccc(Cl)cc4)C3=O)cc2)cc1OC. The first-order valence-electron chi connectivity index (χ1n) is 10.9. The molecule has 3 amide bonds. The normalized spacial score (nSPS) is 13.6. The van der Waals surface area contributed by atoms with E-state index in [0.717, 1.165) is 17.7 Å². The van der Waals surface area contributed by atoms with Crippen molar-refractivity contribution in [1.29, 1.82) is 0 Å². The zero-order valence-corrected chi connectivity index (χ0v) is 19.8. The van der Waals surface area contributed by atoms with Crippen molar-refractivity contribution in [3.63, 3.8) is 0 Å². The van der Waals surface area contributed by atoms with Gasteiger partial charge in [0, 0.05) is 47.7 Å². The van der Waals surface area contributed by atoms with Gasteiger partial charge >= 0.3 is 6.03 Å². The zero-order chi connectivity index (χ0) is 24.1. The smallest absolute Gasteiger partial charge is 0.324 e. The number of halogens is 1. The Morgan fingerprint density at radius 3 is 2.32 bits per heavy atom. The molecule has 0 atom stereocenters. The molecule has 1 heterocycles. The van der Waals surface area contributed by atoms with E-state index in [1.807, 2.05) is 29.2 Å². The highest BCUT2D eigenvalue weighted by Gasteiger charge is 2.27. The van der Waals surface area contributed by atoms with Gasteiger partial charge in [-0.25, -0.2) is 4.79 Å². The van der Waals surface area contributed by atoms with Gasteiger partial charge < -0.3 is 19.7 Å². The van der Waals surface area contributed by atoms with Crippen molar-refractivity contribution < 1.29 is 19.1 Å². The molecule has 1 saturated heterocycles. The lowest BCUT2D eigenvalue weighted by atomic mass is 10.1. The van der Waals surface area contributed by atoms with Gasteiger partial charge in [0.2, 0.25) is 0 Å². The third kappa shape index (κ3) is 5.26.